The van der Waals surface area contributed by atoms with Crippen LogP contribution in [0.3, 0.4) is 0 Å². The molecule has 2 atom stereocenters. The van der Waals surface area contributed by atoms with Gasteiger partial charge in [-0.05, 0) is 42.4 Å². The summed E-state index contributed by atoms with van der Waals surface area (Å²) in [5.41, 5.74) is 1.49. The van der Waals surface area contributed by atoms with E-state index in [-0.39, 0.29) is 23.4 Å². The second-order valence-electron chi connectivity index (χ2n) is 5.66. The number of likely N-dealkylation sites (tertiary alicyclic amines) is 1. The third-order valence-corrected chi connectivity index (χ3v) is 4.43. The summed E-state index contributed by atoms with van der Waals surface area (Å²) in [6.45, 7) is 1.53. The van der Waals surface area contributed by atoms with E-state index in [0.717, 1.165) is 18.7 Å². The molecule has 4 heteroatoms. The number of aromatic hydroxyl groups is 1. The molecule has 1 fully saturated rings. The SMILES string of the molecule is CN1CC(c2ccccc2O)C(c2cc(Cl)ccc2F)C1. The molecule has 2 unspecified atom stereocenters. The van der Waals surface area contributed by atoms with Gasteiger partial charge in [-0.3, -0.25) is 0 Å². The molecular formula is C17H17ClFNO. The van der Waals surface area contributed by atoms with Crippen LogP contribution in [-0.4, -0.2) is 30.1 Å². The molecule has 0 aromatic heterocycles. The third kappa shape index (κ3) is 2.76. The van der Waals surface area contributed by atoms with Crippen LogP contribution in [0.5, 0.6) is 5.75 Å². The lowest BCUT2D eigenvalue weighted by atomic mass is 9.83. The monoisotopic (exact) mass is 305 g/mol. The first-order valence-electron chi connectivity index (χ1n) is 6.97. The molecule has 2 nitrogen and oxygen atoms in total. The number of hydrogen-bond donors (Lipinski definition) is 1. The van der Waals surface area contributed by atoms with Gasteiger partial charge in [0.2, 0.25) is 0 Å². The Morgan fingerprint density at radius 3 is 2.48 bits per heavy atom. The zero-order chi connectivity index (χ0) is 15.0. The minimum atomic E-state index is -0.236. The maximum Gasteiger partial charge on any atom is 0.126 e. The molecule has 2 aromatic carbocycles. The Labute approximate surface area is 128 Å². The predicted octanol–water partition coefficient (Wildman–Crippen LogP) is 4.00. The van der Waals surface area contributed by atoms with E-state index in [1.165, 1.54) is 6.07 Å². The van der Waals surface area contributed by atoms with Crippen LogP contribution in [0.25, 0.3) is 0 Å². The highest BCUT2D eigenvalue weighted by Gasteiger charge is 2.35. The normalized spacial score (nSPS) is 22.6. The van der Waals surface area contributed by atoms with Crippen molar-refractivity contribution in [2.24, 2.45) is 0 Å². The number of phenolic OH excluding ortho intramolecular Hbond substituents is 1. The van der Waals surface area contributed by atoms with Crippen molar-refractivity contribution in [3.8, 4) is 5.75 Å². The summed E-state index contributed by atoms with van der Waals surface area (Å²) in [6.07, 6.45) is 0. The Morgan fingerprint density at radius 2 is 1.76 bits per heavy atom. The summed E-state index contributed by atoms with van der Waals surface area (Å²) < 4.78 is 14.2. The number of phenols is 1. The molecule has 1 aliphatic rings. The van der Waals surface area contributed by atoms with Crippen LogP contribution in [0.4, 0.5) is 4.39 Å². The molecule has 0 aliphatic carbocycles. The van der Waals surface area contributed by atoms with Crippen molar-refractivity contribution in [2.45, 2.75) is 11.8 Å². The van der Waals surface area contributed by atoms with E-state index >= 15 is 0 Å². The molecule has 0 amide bonds. The van der Waals surface area contributed by atoms with Gasteiger partial charge < -0.3 is 10.0 Å². The zero-order valence-corrected chi connectivity index (χ0v) is 12.5. The quantitative estimate of drug-likeness (QED) is 0.906. The second kappa shape index (κ2) is 5.66. The molecule has 3 rings (SSSR count). The van der Waals surface area contributed by atoms with Crippen molar-refractivity contribution >= 4 is 11.6 Å². The van der Waals surface area contributed by atoms with Gasteiger partial charge in [0, 0.05) is 29.9 Å². The fourth-order valence-electron chi connectivity index (χ4n) is 3.23. The summed E-state index contributed by atoms with van der Waals surface area (Å²) in [4.78, 5) is 2.15. The number of para-hydroxylation sites is 1. The molecule has 0 bridgehead atoms. The Bertz CT molecular complexity index is 661. The van der Waals surface area contributed by atoms with Gasteiger partial charge in [0.05, 0.1) is 0 Å². The smallest absolute Gasteiger partial charge is 0.126 e. The van der Waals surface area contributed by atoms with Crippen LogP contribution in [0, 0.1) is 5.82 Å². The first-order valence-corrected chi connectivity index (χ1v) is 7.35. The first-order chi connectivity index (χ1) is 10.1. The second-order valence-corrected chi connectivity index (χ2v) is 6.10. The van der Waals surface area contributed by atoms with Gasteiger partial charge in [0.1, 0.15) is 11.6 Å². The predicted molar refractivity (Wildman–Crippen MR) is 82.5 cm³/mol. The zero-order valence-electron chi connectivity index (χ0n) is 11.8. The van der Waals surface area contributed by atoms with Crippen molar-refractivity contribution in [1.82, 2.24) is 4.90 Å². The minimum absolute atomic E-state index is 0.0120. The number of hydrogen-bond acceptors (Lipinski definition) is 2. The molecule has 0 spiro atoms. The minimum Gasteiger partial charge on any atom is -0.508 e. The van der Waals surface area contributed by atoms with Crippen LogP contribution >= 0.6 is 11.6 Å². The Hall–Kier alpha value is -1.58. The molecule has 110 valence electrons. The Morgan fingerprint density at radius 1 is 1.10 bits per heavy atom. The van der Waals surface area contributed by atoms with E-state index in [2.05, 4.69) is 4.90 Å². The molecule has 2 aromatic rings. The summed E-state index contributed by atoms with van der Waals surface area (Å²) in [5.74, 6) is 0.0801. The van der Waals surface area contributed by atoms with E-state index < -0.39 is 0 Å². The molecule has 0 saturated carbocycles. The van der Waals surface area contributed by atoms with Gasteiger partial charge in [-0.2, -0.15) is 0 Å². The number of rotatable bonds is 2. The lowest BCUT2D eigenvalue weighted by molar-refractivity contribution is 0.404. The number of nitrogens with zero attached hydrogens (tertiary/aromatic N) is 1. The van der Waals surface area contributed by atoms with Crippen molar-refractivity contribution in [3.63, 3.8) is 0 Å². The molecule has 21 heavy (non-hydrogen) atoms. The third-order valence-electron chi connectivity index (χ3n) is 4.20. The Kier molecular flexibility index (Phi) is 3.87. The van der Waals surface area contributed by atoms with Crippen molar-refractivity contribution in [3.05, 3.63) is 64.4 Å². The highest BCUT2D eigenvalue weighted by molar-refractivity contribution is 6.30. The molecule has 0 radical (unpaired) electrons. The van der Waals surface area contributed by atoms with Crippen molar-refractivity contribution in [1.29, 1.82) is 0 Å². The van der Waals surface area contributed by atoms with Gasteiger partial charge in [0.15, 0.2) is 0 Å². The van der Waals surface area contributed by atoms with Gasteiger partial charge in [0.25, 0.3) is 0 Å². The van der Waals surface area contributed by atoms with Crippen LogP contribution in [0.1, 0.15) is 23.0 Å². The summed E-state index contributed by atoms with van der Waals surface area (Å²) in [7, 11) is 2.01. The van der Waals surface area contributed by atoms with Crippen LogP contribution in [0.2, 0.25) is 5.02 Å². The van der Waals surface area contributed by atoms with E-state index in [0.29, 0.717) is 10.6 Å². The summed E-state index contributed by atoms with van der Waals surface area (Å²) >= 11 is 6.03. The standard InChI is InChI=1S/C17H17ClFNO/c1-20-9-14(12-4-2-3-5-17(12)21)15(10-20)13-8-11(18)6-7-16(13)19/h2-8,14-15,21H,9-10H2,1H3. The fourth-order valence-corrected chi connectivity index (χ4v) is 3.41. The average molecular weight is 306 g/mol. The Balaban J connectivity index is 2.04. The van der Waals surface area contributed by atoms with E-state index in [1.54, 1.807) is 24.3 Å². The maximum atomic E-state index is 14.2. The number of benzene rings is 2. The van der Waals surface area contributed by atoms with Crippen LogP contribution in [0.15, 0.2) is 42.5 Å². The van der Waals surface area contributed by atoms with Gasteiger partial charge in [-0.15, -0.1) is 0 Å². The van der Waals surface area contributed by atoms with Crippen LogP contribution < -0.4 is 0 Å². The highest BCUT2D eigenvalue weighted by Crippen LogP contribution is 2.43. The van der Waals surface area contributed by atoms with Crippen molar-refractivity contribution in [2.75, 3.05) is 20.1 Å². The van der Waals surface area contributed by atoms with E-state index in [9.17, 15) is 9.50 Å². The maximum absolute atomic E-state index is 14.2. The summed E-state index contributed by atoms with van der Waals surface area (Å²) in [5, 5.41) is 10.6. The lowest BCUT2D eigenvalue weighted by Crippen LogP contribution is -2.13. The number of likely N-dealkylation sites (N-methyl/N-ethyl adjacent to an activating group) is 1. The highest BCUT2D eigenvalue weighted by atomic mass is 35.5. The fraction of sp³-hybridized carbons (Fsp3) is 0.294. The largest absolute Gasteiger partial charge is 0.508 e. The van der Waals surface area contributed by atoms with Crippen LogP contribution in [-0.2, 0) is 0 Å². The molecule has 1 saturated heterocycles. The lowest BCUT2D eigenvalue weighted by Gasteiger charge is -2.21. The molecule has 1 aliphatic heterocycles. The number of halogens is 2. The van der Waals surface area contributed by atoms with Gasteiger partial charge in [-0.1, -0.05) is 29.8 Å². The van der Waals surface area contributed by atoms with Gasteiger partial charge in [-0.25, -0.2) is 4.39 Å². The first kappa shape index (κ1) is 14.4. The van der Waals surface area contributed by atoms with Gasteiger partial charge >= 0.3 is 0 Å². The summed E-state index contributed by atoms with van der Waals surface area (Å²) in [6, 6.07) is 12.0. The van der Waals surface area contributed by atoms with E-state index in [1.807, 2.05) is 19.2 Å². The van der Waals surface area contributed by atoms with E-state index in [4.69, 9.17) is 11.6 Å². The molecule has 1 N–H and O–H groups in total. The topological polar surface area (TPSA) is 23.5 Å². The van der Waals surface area contributed by atoms with Crippen molar-refractivity contribution < 1.29 is 9.50 Å². The average Bonchev–Trinajstić information content (AvgIpc) is 2.83. The molecular weight excluding hydrogens is 289 g/mol. The molecule has 1 heterocycles.